The van der Waals surface area contributed by atoms with Crippen LogP contribution in [0.5, 0.6) is 0 Å². The van der Waals surface area contributed by atoms with Gasteiger partial charge in [0, 0.05) is 36.3 Å². The van der Waals surface area contributed by atoms with Crippen molar-refractivity contribution < 1.29 is 18.4 Å². The maximum absolute atomic E-state index is 13.5. The van der Waals surface area contributed by atoms with E-state index in [4.69, 9.17) is 0 Å². The summed E-state index contributed by atoms with van der Waals surface area (Å²) in [5.41, 5.74) is 2.45. The van der Waals surface area contributed by atoms with E-state index in [1.54, 1.807) is 29.2 Å². The Morgan fingerprint density at radius 2 is 2.06 bits per heavy atom. The molecule has 0 radical (unpaired) electrons. The summed E-state index contributed by atoms with van der Waals surface area (Å²) in [4.78, 5) is 30.0. The fourth-order valence-electron chi connectivity index (χ4n) is 3.98. The van der Waals surface area contributed by atoms with Crippen molar-refractivity contribution in [2.24, 2.45) is 0 Å². The summed E-state index contributed by atoms with van der Waals surface area (Å²) in [6.45, 7) is 0.899. The van der Waals surface area contributed by atoms with Crippen LogP contribution < -0.4 is 5.32 Å². The third kappa shape index (κ3) is 4.91. The lowest BCUT2D eigenvalue weighted by Crippen LogP contribution is -2.45. The summed E-state index contributed by atoms with van der Waals surface area (Å²) in [6.07, 6.45) is 6.74. The largest absolute Gasteiger partial charge is 0.361 e. The number of aromatic amines is 1. The zero-order valence-electron chi connectivity index (χ0n) is 17.2. The number of likely N-dealkylation sites (tertiary alicyclic amines) is 1. The molecule has 1 fully saturated rings. The topological polar surface area (TPSA) is 65.2 Å². The summed E-state index contributed by atoms with van der Waals surface area (Å²) >= 11 is 3.13. The number of fused-ring (bicyclic) bond motifs is 1. The molecule has 2 aromatic carbocycles. The van der Waals surface area contributed by atoms with Gasteiger partial charge in [0.05, 0.1) is 4.47 Å². The smallest absolute Gasteiger partial charge is 0.247 e. The SMILES string of the molecule is O=C(NCCc1c[nH]c2ccc(F)cc12)[C@@H]1CCCN1C(=O)C=Cc1ccc(F)c(Br)c1. The number of amides is 2. The highest BCUT2D eigenvalue weighted by Gasteiger charge is 2.32. The van der Waals surface area contributed by atoms with Gasteiger partial charge in [0.15, 0.2) is 0 Å². The molecule has 4 rings (SSSR count). The van der Waals surface area contributed by atoms with Crippen molar-refractivity contribution >= 4 is 44.7 Å². The molecule has 166 valence electrons. The Balaban J connectivity index is 1.34. The number of hydrogen-bond acceptors (Lipinski definition) is 2. The van der Waals surface area contributed by atoms with Gasteiger partial charge < -0.3 is 15.2 Å². The molecule has 0 unspecified atom stereocenters. The Morgan fingerprint density at radius 3 is 2.88 bits per heavy atom. The van der Waals surface area contributed by atoms with Crippen molar-refractivity contribution in [2.45, 2.75) is 25.3 Å². The molecule has 0 spiro atoms. The van der Waals surface area contributed by atoms with Crippen LogP contribution in [0, 0.1) is 11.6 Å². The number of H-pyrrole nitrogens is 1. The van der Waals surface area contributed by atoms with Crippen LogP contribution in [-0.2, 0) is 16.0 Å². The van der Waals surface area contributed by atoms with Crippen LogP contribution in [-0.4, -0.2) is 40.8 Å². The lowest BCUT2D eigenvalue weighted by molar-refractivity contribution is -0.135. The van der Waals surface area contributed by atoms with Crippen LogP contribution >= 0.6 is 15.9 Å². The minimum Gasteiger partial charge on any atom is -0.361 e. The van der Waals surface area contributed by atoms with E-state index in [9.17, 15) is 18.4 Å². The van der Waals surface area contributed by atoms with Crippen LogP contribution in [0.4, 0.5) is 8.78 Å². The van der Waals surface area contributed by atoms with Crippen molar-refractivity contribution in [3.63, 3.8) is 0 Å². The number of carbonyl (C=O) groups is 2. The fourth-order valence-corrected chi connectivity index (χ4v) is 4.37. The molecule has 1 saturated heterocycles. The molecule has 1 aromatic heterocycles. The predicted octanol–water partition coefficient (Wildman–Crippen LogP) is 4.57. The summed E-state index contributed by atoms with van der Waals surface area (Å²) in [6, 6.07) is 8.53. The normalized spacial score (nSPS) is 16.2. The maximum Gasteiger partial charge on any atom is 0.247 e. The first-order chi connectivity index (χ1) is 15.4. The molecule has 2 heterocycles. The second kappa shape index (κ2) is 9.65. The van der Waals surface area contributed by atoms with E-state index in [0.29, 0.717) is 36.0 Å². The van der Waals surface area contributed by atoms with Crippen molar-refractivity contribution in [1.29, 1.82) is 0 Å². The lowest BCUT2D eigenvalue weighted by Gasteiger charge is -2.22. The first kappa shape index (κ1) is 22.2. The van der Waals surface area contributed by atoms with Gasteiger partial charge in [-0.2, -0.15) is 0 Å². The van der Waals surface area contributed by atoms with Gasteiger partial charge in [-0.3, -0.25) is 9.59 Å². The maximum atomic E-state index is 13.5. The highest BCUT2D eigenvalue weighted by atomic mass is 79.9. The monoisotopic (exact) mass is 501 g/mol. The van der Waals surface area contributed by atoms with E-state index in [-0.39, 0.29) is 23.4 Å². The first-order valence-corrected chi connectivity index (χ1v) is 11.2. The number of aromatic nitrogens is 1. The molecular weight excluding hydrogens is 480 g/mol. The third-order valence-corrected chi connectivity index (χ3v) is 6.23. The number of rotatable bonds is 6. The summed E-state index contributed by atoms with van der Waals surface area (Å²) in [5, 5.41) is 3.70. The summed E-state index contributed by atoms with van der Waals surface area (Å²) in [5.74, 6) is -1.12. The lowest BCUT2D eigenvalue weighted by atomic mass is 10.1. The Hall–Kier alpha value is -3.00. The molecule has 0 aliphatic carbocycles. The van der Waals surface area contributed by atoms with Crippen LogP contribution in [0.25, 0.3) is 17.0 Å². The van der Waals surface area contributed by atoms with E-state index in [0.717, 1.165) is 22.9 Å². The van der Waals surface area contributed by atoms with Crippen molar-refractivity contribution in [1.82, 2.24) is 15.2 Å². The van der Waals surface area contributed by atoms with Crippen LogP contribution in [0.3, 0.4) is 0 Å². The summed E-state index contributed by atoms with van der Waals surface area (Å²) in [7, 11) is 0. The van der Waals surface area contributed by atoms with E-state index in [1.807, 2.05) is 6.20 Å². The molecule has 2 amide bonds. The molecule has 32 heavy (non-hydrogen) atoms. The predicted molar refractivity (Wildman–Crippen MR) is 123 cm³/mol. The Labute approximate surface area is 192 Å². The summed E-state index contributed by atoms with van der Waals surface area (Å²) < 4.78 is 27.2. The minimum atomic E-state index is -0.521. The average Bonchev–Trinajstić information content (AvgIpc) is 3.42. The zero-order chi connectivity index (χ0) is 22.7. The molecule has 8 heteroatoms. The number of carbonyl (C=O) groups excluding carboxylic acids is 2. The molecular formula is C24H22BrF2N3O2. The molecule has 1 aliphatic rings. The van der Waals surface area contributed by atoms with Crippen LogP contribution in [0.2, 0.25) is 0 Å². The molecule has 1 atom stereocenters. The highest BCUT2D eigenvalue weighted by molar-refractivity contribution is 9.10. The van der Waals surface area contributed by atoms with Gasteiger partial charge in [-0.1, -0.05) is 6.07 Å². The molecule has 0 bridgehead atoms. The Kier molecular flexibility index (Phi) is 6.69. The average molecular weight is 502 g/mol. The first-order valence-electron chi connectivity index (χ1n) is 10.4. The van der Waals surface area contributed by atoms with Gasteiger partial charge in [-0.15, -0.1) is 0 Å². The fraction of sp³-hybridized carbons (Fsp3) is 0.250. The van der Waals surface area contributed by atoms with E-state index in [2.05, 4.69) is 26.2 Å². The van der Waals surface area contributed by atoms with Gasteiger partial charge >= 0.3 is 0 Å². The molecule has 2 N–H and O–H groups in total. The van der Waals surface area contributed by atoms with Gasteiger partial charge in [0.1, 0.15) is 17.7 Å². The van der Waals surface area contributed by atoms with Crippen molar-refractivity contribution in [3.05, 3.63) is 75.9 Å². The second-order valence-electron chi connectivity index (χ2n) is 7.74. The van der Waals surface area contributed by atoms with E-state index >= 15 is 0 Å². The number of nitrogens with one attached hydrogen (secondary N) is 2. The molecule has 0 saturated carbocycles. The van der Waals surface area contributed by atoms with Gasteiger partial charge in [0.2, 0.25) is 11.8 Å². The minimum absolute atomic E-state index is 0.195. The number of halogens is 3. The number of benzene rings is 2. The van der Waals surface area contributed by atoms with E-state index in [1.165, 1.54) is 24.3 Å². The standard InChI is InChI=1S/C24H22BrF2N3O2/c25-19-12-15(3-6-20(19)27)4-8-23(31)30-11-1-2-22(30)24(32)28-10-9-16-14-29-21-7-5-17(26)13-18(16)21/h3-8,12-14,22,29H,1-2,9-11H2,(H,28,32)/t22-/m0/s1. The Bertz CT molecular complexity index is 1190. The van der Waals surface area contributed by atoms with Crippen molar-refractivity contribution in [2.75, 3.05) is 13.1 Å². The van der Waals surface area contributed by atoms with Gasteiger partial charge in [-0.25, -0.2) is 8.78 Å². The number of nitrogens with zero attached hydrogens (tertiary/aromatic N) is 1. The van der Waals surface area contributed by atoms with Gasteiger partial charge in [-0.05, 0) is 82.7 Å². The quantitative estimate of drug-likeness (QED) is 0.485. The molecule has 5 nitrogen and oxygen atoms in total. The second-order valence-corrected chi connectivity index (χ2v) is 8.60. The highest BCUT2D eigenvalue weighted by Crippen LogP contribution is 2.21. The zero-order valence-corrected chi connectivity index (χ0v) is 18.8. The van der Waals surface area contributed by atoms with Crippen molar-refractivity contribution in [3.8, 4) is 0 Å². The van der Waals surface area contributed by atoms with Crippen LogP contribution in [0.1, 0.15) is 24.0 Å². The third-order valence-electron chi connectivity index (χ3n) is 5.62. The molecule has 1 aliphatic heterocycles. The Morgan fingerprint density at radius 1 is 1.22 bits per heavy atom. The van der Waals surface area contributed by atoms with Crippen LogP contribution in [0.15, 0.2) is 53.1 Å². The van der Waals surface area contributed by atoms with Gasteiger partial charge in [0.25, 0.3) is 0 Å². The van der Waals surface area contributed by atoms with E-state index < -0.39 is 6.04 Å². The number of hydrogen-bond donors (Lipinski definition) is 2. The molecule has 3 aromatic rings.